The number of carbonyl (C=O) groups is 1. The van der Waals surface area contributed by atoms with E-state index in [9.17, 15) is 4.79 Å². The SMILES string of the molecule is Cc1ccc(-n2nc(C(=O)NCC(C)C)nc2-c2ccoc2)cc1. The van der Waals surface area contributed by atoms with Crippen molar-refractivity contribution in [1.82, 2.24) is 20.1 Å². The number of benzene rings is 1. The number of rotatable bonds is 5. The number of hydrogen-bond acceptors (Lipinski definition) is 4. The standard InChI is InChI=1S/C18H20N4O2/c1-12(2)10-19-18(23)16-20-17(14-8-9-24-11-14)22(21-16)15-6-4-13(3)5-7-15/h4-9,11-12H,10H2,1-3H3,(H,19,23). The van der Waals surface area contributed by atoms with Gasteiger partial charge in [-0.3, -0.25) is 4.79 Å². The fourth-order valence-electron chi connectivity index (χ4n) is 2.23. The summed E-state index contributed by atoms with van der Waals surface area (Å²) in [5.41, 5.74) is 2.76. The van der Waals surface area contributed by atoms with E-state index < -0.39 is 0 Å². The van der Waals surface area contributed by atoms with Gasteiger partial charge in [0.05, 0.1) is 17.5 Å². The molecular weight excluding hydrogens is 304 g/mol. The van der Waals surface area contributed by atoms with Gasteiger partial charge in [-0.1, -0.05) is 31.5 Å². The van der Waals surface area contributed by atoms with E-state index in [-0.39, 0.29) is 11.7 Å². The first-order chi connectivity index (χ1) is 11.5. The monoisotopic (exact) mass is 324 g/mol. The molecule has 0 aliphatic heterocycles. The average molecular weight is 324 g/mol. The van der Waals surface area contributed by atoms with Crippen LogP contribution in [-0.2, 0) is 0 Å². The van der Waals surface area contributed by atoms with Gasteiger partial charge in [0.2, 0.25) is 5.82 Å². The summed E-state index contributed by atoms with van der Waals surface area (Å²) < 4.78 is 6.81. The Morgan fingerprint density at radius 3 is 2.62 bits per heavy atom. The van der Waals surface area contributed by atoms with Crippen LogP contribution in [0.2, 0.25) is 0 Å². The molecule has 2 aromatic heterocycles. The van der Waals surface area contributed by atoms with Crippen LogP contribution >= 0.6 is 0 Å². The molecule has 1 N–H and O–H groups in total. The van der Waals surface area contributed by atoms with Crippen LogP contribution in [0.5, 0.6) is 0 Å². The largest absolute Gasteiger partial charge is 0.472 e. The van der Waals surface area contributed by atoms with E-state index in [4.69, 9.17) is 4.42 Å². The van der Waals surface area contributed by atoms with E-state index in [2.05, 4.69) is 15.4 Å². The molecule has 6 nitrogen and oxygen atoms in total. The molecule has 124 valence electrons. The van der Waals surface area contributed by atoms with Crippen molar-refractivity contribution in [2.75, 3.05) is 6.54 Å². The second kappa shape index (κ2) is 6.70. The van der Waals surface area contributed by atoms with Crippen molar-refractivity contribution in [3.8, 4) is 17.1 Å². The highest BCUT2D eigenvalue weighted by molar-refractivity contribution is 5.91. The Balaban J connectivity index is 2.00. The molecule has 3 rings (SSSR count). The zero-order chi connectivity index (χ0) is 17.1. The van der Waals surface area contributed by atoms with Crippen LogP contribution in [0.1, 0.15) is 30.0 Å². The maximum absolute atomic E-state index is 12.3. The topological polar surface area (TPSA) is 73.0 Å². The van der Waals surface area contributed by atoms with Gasteiger partial charge in [0, 0.05) is 6.54 Å². The first-order valence-electron chi connectivity index (χ1n) is 7.89. The molecule has 0 saturated carbocycles. The number of carbonyl (C=O) groups excluding carboxylic acids is 1. The van der Waals surface area contributed by atoms with Gasteiger partial charge in [0.25, 0.3) is 5.91 Å². The summed E-state index contributed by atoms with van der Waals surface area (Å²) in [5, 5.41) is 7.24. The Morgan fingerprint density at radius 1 is 1.25 bits per heavy atom. The Kier molecular flexibility index (Phi) is 4.46. The molecule has 2 heterocycles. The Morgan fingerprint density at radius 2 is 2.00 bits per heavy atom. The Bertz CT molecular complexity index is 817. The van der Waals surface area contributed by atoms with E-state index in [0.29, 0.717) is 18.3 Å². The molecule has 0 atom stereocenters. The lowest BCUT2D eigenvalue weighted by molar-refractivity contribution is 0.0938. The number of furan rings is 1. The number of nitrogens with zero attached hydrogens (tertiary/aromatic N) is 3. The van der Waals surface area contributed by atoms with Crippen molar-refractivity contribution in [3.63, 3.8) is 0 Å². The first kappa shape index (κ1) is 16.0. The number of nitrogens with one attached hydrogen (secondary N) is 1. The molecule has 3 aromatic rings. The molecule has 0 fully saturated rings. The number of amides is 1. The second-order valence-electron chi connectivity index (χ2n) is 6.12. The van der Waals surface area contributed by atoms with E-state index >= 15 is 0 Å². The van der Waals surface area contributed by atoms with Crippen molar-refractivity contribution in [2.45, 2.75) is 20.8 Å². The van der Waals surface area contributed by atoms with Crippen LogP contribution < -0.4 is 5.32 Å². The smallest absolute Gasteiger partial charge is 0.291 e. The van der Waals surface area contributed by atoms with Crippen LogP contribution in [0.15, 0.2) is 47.3 Å². The third-order valence-electron chi connectivity index (χ3n) is 3.54. The second-order valence-corrected chi connectivity index (χ2v) is 6.12. The molecular formula is C18H20N4O2. The predicted octanol–water partition coefficient (Wildman–Crippen LogP) is 3.22. The predicted molar refractivity (Wildman–Crippen MR) is 91.0 cm³/mol. The minimum atomic E-state index is -0.278. The van der Waals surface area contributed by atoms with Gasteiger partial charge in [0.15, 0.2) is 5.82 Å². The van der Waals surface area contributed by atoms with Gasteiger partial charge in [0.1, 0.15) is 6.26 Å². The summed E-state index contributed by atoms with van der Waals surface area (Å²) >= 11 is 0. The van der Waals surface area contributed by atoms with E-state index in [0.717, 1.165) is 16.8 Å². The minimum Gasteiger partial charge on any atom is -0.472 e. The molecule has 0 saturated heterocycles. The van der Waals surface area contributed by atoms with Gasteiger partial charge in [-0.25, -0.2) is 9.67 Å². The molecule has 1 amide bonds. The summed E-state index contributed by atoms with van der Waals surface area (Å²) in [5.74, 6) is 0.801. The van der Waals surface area contributed by atoms with E-state index in [1.807, 2.05) is 45.0 Å². The normalized spacial score (nSPS) is 11.0. The maximum atomic E-state index is 12.3. The van der Waals surface area contributed by atoms with Crippen LogP contribution in [0.3, 0.4) is 0 Å². The van der Waals surface area contributed by atoms with Crippen molar-refractivity contribution < 1.29 is 9.21 Å². The van der Waals surface area contributed by atoms with Crippen LogP contribution in [0.4, 0.5) is 0 Å². The van der Waals surface area contributed by atoms with E-state index in [1.165, 1.54) is 0 Å². The highest BCUT2D eigenvalue weighted by atomic mass is 16.3. The first-order valence-corrected chi connectivity index (χ1v) is 7.89. The molecule has 1 aromatic carbocycles. The molecule has 0 aliphatic rings. The third kappa shape index (κ3) is 3.37. The molecule has 0 radical (unpaired) electrons. The van der Waals surface area contributed by atoms with Crippen LogP contribution in [-0.4, -0.2) is 27.2 Å². The van der Waals surface area contributed by atoms with Crippen molar-refractivity contribution in [3.05, 3.63) is 54.2 Å². The Hall–Kier alpha value is -2.89. The minimum absolute atomic E-state index is 0.146. The summed E-state index contributed by atoms with van der Waals surface area (Å²) in [6, 6.07) is 9.68. The molecule has 6 heteroatoms. The zero-order valence-corrected chi connectivity index (χ0v) is 14.0. The summed E-state index contributed by atoms with van der Waals surface area (Å²) in [6.45, 7) is 6.68. The molecule has 24 heavy (non-hydrogen) atoms. The van der Waals surface area contributed by atoms with Crippen molar-refractivity contribution >= 4 is 5.91 Å². The number of aromatic nitrogens is 3. The zero-order valence-electron chi connectivity index (χ0n) is 14.0. The van der Waals surface area contributed by atoms with E-state index in [1.54, 1.807) is 23.3 Å². The van der Waals surface area contributed by atoms with Crippen LogP contribution in [0, 0.1) is 12.8 Å². The maximum Gasteiger partial charge on any atom is 0.291 e. The van der Waals surface area contributed by atoms with Gasteiger partial charge in [-0.15, -0.1) is 5.10 Å². The van der Waals surface area contributed by atoms with Gasteiger partial charge >= 0.3 is 0 Å². The summed E-state index contributed by atoms with van der Waals surface area (Å²) in [6.07, 6.45) is 3.16. The van der Waals surface area contributed by atoms with Gasteiger partial charge in [-0.2, -0.15) is 0 Å². The van der Waals surface area contributed by atoms with Gasteiger partial charge < -0.3 is 9.73 Å². The molecule has 0 bridgehead atoms. The third-order valence-corrected chi connectivity index (χ3v) is 3.54. The van der Waals surface area contributed by atoms with Crippen LogP contribution in [0.25, 0.3) is 17.1 Å². The highest BCUT2D eigenvalue weighted by Crippen LogP contribution is 2.22. The molecule has 0 unspecified atom stereocenters. The van der Waals surface area contributed by atoms with Gasteiger partial charge in [-0.05, 0) is 31.0 Å². The molecule has 0 aliphatic carbocycles. The number of aryl methyl sites for hydroxylation is 1. The lowest BCUT2D eigenvalue weighted by Gasteiger charge is -2.05. The Labute approximate surface area is 140 Å². The fraction of sp³-hybridized carbons (Fsp3) is 0.278. The highest BCUT2D eigenvalue weighted by Gasteiger charge is 2.19. The summed E-state index contributed by atoms with van der Waals surface area (Å²) in [7, 11) is 0. The quantitative estimate of drug-likeness (QED) is 0.782. The lowest BCUT2D eigenvalue weighted by Crippen LogP contribution is -2.28. The van der Waals surface area contributed by atoms with Crippen molar-refractivity contribution in [1.29, 1.82) is 0 Å². The fourth-order valence-corrected chi connectivity index (χ4v) is 2.23. The number of hydrogen-bond donors (Lipinski definition) is 1. The van der Waals surface area contributed by atoms with Crippen molar-refractivity contribution in [2.24, 2.45) is 5.92 Å². The summed E-state index contributed by atoms with van der Waals surface area (Å²) in [4.78, 5) is 16.7. The molecule has 0 spiro atoms. The lowest BCUT2D eigenvalue weighted by atomic mass is 10.2. The average Bonchev–Trinajstić information content (AvgIpc) is 3.22.